The van der Waals surface area contributed by atoms with E-state index in [4.69, 9.17) is 32.5 Å². The van der Waals surface area contributed by atoms with Crippen molar-refractivity contribution in [2.75, 3.05) is 7.11 Å². The fraction of sp³-hybridized carbons (Fsp3) is 0.167. The van der Waals surface area contributed by atoms with Crippen LogP contribution in [0.1, 0.15) is 5.76 Å². The molecule has 0 amide bonds. The lowest BCUT2D eigenvalue weighted by Gasteiger charge is -1.93. The number of benzene rings is 1. The third-order valence-electron chi connectivity index (χ3n) is 2.61. The lowest BCUT2D eigenvalue weighted by atomic mass is 10.3. The van der Waals surface area contributed by atoms with Gasteiger partial charge in [0, 0.05) is 13.2 Å². The minimum atomic E-state index is 0.366. The van der Waals surface area contributed by atoms with Gasteiger partial charge in [0.25, 0.3) is 0 Å². The number of imidazole rings is 1. The van der Waals surface area contributed by atoms with E-state index in [-0.39, 0.29) is 0 Å². The molecule has 2 aromatic heterocycles. The molecule has 0 aliphatic heterocycles. The second kappa shape index (κ2) is 4.85. The number of methoxy groups -OCH3 is 1. The Balaban J connectivity index is 2.04. The average Bonchev–Trinajstić information content (AvgIpc) is 2.97. The van der Waals surface area contributed by atoms with E-state index in [9.17, 15) is 0 Å². The number of H-pyrrole nitrogens is 1. The predicted molar refractivity (Wildman–Crippen MR) is 72.3 cm³/mol. The molecule has 0 radical (unpaired) electrons. The van der Waals surface area contributed by atoms with Crippen LogP contribution in [0, 0.1) is 0 Å². The maximum Gasteiger partial charge on any atom is 0.163 e. The Bertz CT molecular complexity index is 697. The number of hydrogen-bond acceptors (Lipinski definition) is 4. The van der Waals surface area contributed by atoms with Gasteiger partial charge in [-0.1, -0.05) is 28.4 Å². The van der Waals surface area contributed by atoms with Crippen molar-refractivity contribution < 1.29 is 9.26 Å². The van der Waals surface area contributed by atoms with Crippen LogP contribution >= 0.6 is 23.2 Å². The maximum atomic E-state index is 5.96. The van der Waals surface area contributed by atoms with E-state index in [1.165, 1.54) is 0 Å². The van der Waals surface area contributed by atoms with Crippen molar-refractivity contribution in [1.29, 1.82) is 0 Å². The van der Waals surface area contributed by atoms with Crippen LogP contribution in [0.25, 0.3) is 22.6 Å². The normalized spacial score (nSPS) is 11.3. The molecule has 1 aromatic carbocycles. The number of ether oxygens (including phenoxy) is 1. The number of hydrogen-bond donors (Lipinski definition) is 1. The van der Waals surface area contributed by atoms with Gasteiger partial charge in [-0.05, 0) is 12.1 Å². The number of aromatic nitrogens is 3. The summed E-state index contributed by atoms with van der Waals surface area (Å²) in [5.74, 6) is 1.23. The minimum absolute atomic E-state index is 0.366. The van der Waals surface area contributed by atoms with Gasteiger partial charge in [-0.15, -0.1) is 0 Å². The van der Waals surface area contributed by atoms with Gasteiger partial charge in [0.1, 0.15) is 12.3 Å². The lowest BCUT2D eigenvalue weighted by Crippen LogP contribution is -1.82. The largest absolute Gasteiger partial charge is 0.377 e. The molecule has 0 bridgehead atoms. The van der Waals surface area contributed by atoms with Crippen LogP contribution < -0.4 is 0 Å². The standard InChI is InChI=1S/C12H9Cl2N3O2/c1-18-5-6-2-11(17-19-6)12-15-9-3-7(13)8(14)4-10(9)16-12/h2-4H,5H2,1H3,(H,15,16). The highest BCUT2D eigenvalue weighted by Gasteiger charge is 2.12. The van der Waals surface area contributed by atoms with Gasteiger partial charge in [0.2, 0.25) is 0 Å². The van der Waals surface area contributed by atoms with E-state index in [1.54, 1.807) is 25.3 Å². The van der Waals surface area contributed by atoms with Crippen molar-refractivity contribution in [3.8, 4) is 11.5 Å². The second-order valence-corrected chi connectivity index (χ2v) is 4.79. The Labute approximate surface area is 118 Å². The Morgan fingerprint density at radius 2 is 2.05 bits per heavy atom. The van der Waals surface area contributed by atoms with Gasteiger partial charge in [0.05, 0.1) is 21.1 Å². The molecule has 7 heteroatoms. The molecule has 2 heterocycles. The molecular weight excluding hydrogens is 289 g/mol. The van der Waals surface area contributed by atoms with E-state index < -0.39 is 0 Å². The molecule has 0 saturated carbocycles. The van der Waals surface area contributed by atoms with Gasteiger partial charge in [-0.3, -0.25) is 0 Å². The van der Waals surface area contributed by atoms with E-state index in [0.717, 1.165) is 11.0 Å². The average molecular weight is 298 g/mol. The monoisotopic (exact) mass is 297 g/mol. The topological polar surface area (TPSA) is 63.9 Å². The fourth-order valence-electron chi connectivity index (χ4n) is 1.76. The molecule has 0 atom stereocenters. The second-order valence-electron chi connectivity index (χ2n) is 3.98. The highest BCUT2D eigenvalue weighted by Crippen LogP contribution is 2.28. The van der Waals surface area contributed by atoms with Crippen LogP contribution in [-0.2, 0) is 11.3 Å². The third-order valence-corrected chi connectivity index (χ3v) is 3.33. The van der Waals surface area contributed by atoms with Crippen molar-refractivity contribution in [3.63, 3.8) is 0 Å². The summed E-state index contributed by atoms with van der Waals surface area (Å²) in [4.78, 5) is 7.51. The lowest BCUT2D eigenvalue weighted by molar-refractivity contribution is 0.156. The van der Waals surface area contributed by atoms with Crippen molar-refractivity contribution >= 4 is 34.2 Å². The molecular formula is C12H9Cl2N3O2. The predicted octanol–water partition coefficient (Wildman–Crippen LogP) is 3.67. The molecule has 5 nitrogen and oxygen atoms in total. The molecule has 0 fully saturated rings. The first-order chi connectivity index (χ1) is 9.17. The van der Waals surface area contributed by atoms with Crippen molar-refractivity contribution in [2.45, 2.75) is 6.61 Å². The van der Waals surface area contributed by atoms with Gasteiger partial charge < -0.3 is 14.2 Å². The van der Waals surface area contributed by atoms with Gasteiger partial charge in [-0.25, -0.2) is 4.98 Å². The zero-order chi connectivity index (χ0) is 13.4. The first-order valence-electron chi connectivity index (χ1n) is 5.47. The first-order valence-corrected chi connectivity index (χ1v) is 6.22. The van der Waals surface area contributed by atoms with Crippen LogP contribution in [0.3, 0.4) is 0 Å². The van der Waals surface area contributed by atoms with Crippen LogP contribution in [0.5, 0.6) is 0 Å². The molecule has 98 valence electrons. The van der Waals surface area contributed by atoms with E-state index in [0.29, 0.717) is 33.9 Å². The van der Waals surface area contributed by atoms with Crippen LogP contribution in [0.4, 0.5) is 0 Å². The van der Waals surface area contributed by atoms with Crippen molar-refractivity contribution in [2.24, 2.45) is 0 Å². The number of halogens is 2. The molecule has 1 N–H and O–H groups in total. The smallest absolute Gasteiger partial charge is 0.163 e. The number of rotatable bonds is 3. The highest BCUT2D eigenvalue weighted by molar-refractivity contribution is 6.42. The summed E-state index contributed by atoms with van der Waals surface area (Å²) >= 11 is 11.9. The summed E-state index contributed by atoms with van der Waals surface area (Å²) in [6.07, 6.45) is 0. The highest BCUT2D eigenvalue weighted by atomic mass is 35.5. The number of nitrogens with one attached hydrogen (secondary N) is 1. The maximum absolute atomic E-state index is 5.96. The quantitative estimate of drug-likeness (QED) is 0.801. The Morgan fingerprint density at radius 1 is 1.26 bits per heavy atom. The Kier molecular flexibility index (Phi) is 3.18. The molecule has 0 unspecified atom stereocenters. The zero-order valence-corrected chi connectivity index (χ0v) is 11.4. The van der Waals surface area contributed by atoms with E-state index >= 15 is 0 Å². The van der Waals surface area contributed by atoms with E-state index in [1.807, 2.05) is 0 Å². The SMILES string of the molecule is COCc1cc(-c2nc3cc(Cl)c(Cl)cc3[nH]2)no1. The van der Waals surface area contributed by atoms with E-state index in [2.05, 4.69) is 15.1 Å². The molecule has 19 heavy (non-hydrogen) atoms. The number of nitrogens with zero attached hydrogens (tertiary/aromatic N) is 2. The molecule has 0 aliphatic rings. The number of fused-ring (bicyclic) bond motifs is 1. The van der Waals surface area contributed by atoms with Gasteiger partial charge in [-0.2, -0.15) is 0 Å². The van der Waals surface area contributed by atoms with Gasteiger partial charge in [0.15, 0.2) is 11.6 Å². The molecule has 0 spiro atoms. The fourth-order valence-corrected chi connectivity index (χ4v) is 2.08. The summed E-state index contributed by atoms with van der Waals surface area (Å²) in [5, 5.41) is 4.87. The van der Waals surface area contributed by atoms with Crippen LogP contribution in [-0.4, -0.2) is 22.2 Å². The molecule has 3 aromatic rings. The summed E-state index contributed by atoms with van der Waals surface area (Å²) < 4.78 is 10.1. The van der Waals surface area contributed by atoms with Crippen molar-refractivity contribution in [3.05, 3.63) is 34.0 Å². The Morgan fingerprint density at radius 3 is 2.84 bits per heavy atom. The van der Waals surface area contributed by atoms with Gasteiger partial charge >= 0.3 is 0 Å². The van der Waals surface area contributed by atoms with Crippen LogP contribution in [0.15, 0.2) is 22.7 Å². The summed E-state index contributed by atoms with van der Waals surface area (Å²) in [7, 11) is 1.59. The summed E-state index contributed by atoms with van der Waals surface area (Å²) in [6.45, 7) is 0.366. The first kappa shape index (κ1) is 12.5. The molecule has 0 saturated heterocycles. The zero-order valence-electron chi connectivity index (χ0n) is 9.91. The minimum Gasteiger partial charge on any atom is -0.377 e. The third kappa shape index (κ3) is 2.32. The summed E-state index contributed by atoms with van der Waals surface area (Å²) in [6, 6.07) is 5.20. The summed E-state index contributed by atoms with van der Waals surface area (Å²) in [5.41, 5.74) is 2.12. The Hall–Kier alpha value is -1.56. The van der Waals surface area contributed by atoms with Crippen molar-refractivity contribution in [1.82, 2.24) is 15.1 Å². The van der Waals surface area contributed by atoms with Crippen LogP contribution in [0.2, 0.25) is 10.0 Å². The number of aromatic amines is 1. The molecule has 3 rings (SSSR count). The molecule has 0 aliphatic carbocycles.